The van der Waals surface area contributed by atoms with Crippen molar-refractivity contribution in [1.82, 2.24) is 9.58 Å². The van der Waals surface area contributed by atoms with Crippen LogP contribution >= 0.6 is 11.8 Å². The maximum Gasteiger partial charge on any atom is 0.408 e. The van der Waals surface area contributed by atoms with Crippen molar-refractivity contribution in [1.29, 1.82) is 0 Å². The Bertz CT molecular complexity index is 1500. The summed E-state index contributed by atoms with van der Waals surface area (Å²) in [5.74, 6) is -1.24. The molecule has 3 aromatic rings. The third-order valence-electron chi connectivity index (χ3n) is 7.82. The van der Waals surface area contributed by atoms with Gasteiger partial charge in [-0.15, -0.1) is 11.8 Å². The van der Waals surface area contributed by atoms with E-state index in [4.69, 9.17) is 0 Å². The molecule has 1 fully saturated rings. The lowest BCUT2D eigenvalue weighted by Gasteiger charge is -2.46. The van der Waals surface area contributed by atoms with E-state index in [1.54, 1.807) is 16.8 Å². The number of hydrogen-bond acceptors (Lipinski definition) is 6. The van der Waals surface area contributed by atoms with E-state index in [-0.39, 0.29) is 0 Å². The van der Waals surface area contributed by atoms with Gasteiger partial charge in [-0.3, -0.25) is 19.3 Å². The maximum atomic E-state index is 14.0. The van der Waals surface area contributed by atoms with E-state index in [0.29, 0.717) is 10.7 Å². The molecule has 4 heterocycles. The fourth-order valence-corrected chi connectivity index (χ4v) is 6.85. The summed E-state index contributed by atoms with van der Waals surface area (Å²) in [6.45, 7) is 2.27. The van der Waals surface area contributed by atoms with Crippen molar-refractivity contribution in [2.45, 2.75) is 48.7 Å². The van der Waals surface area contributed by atoms with Crippen LogP contribution in [0.3, 0.4) is 0 Å². The molecule has 7 nitrogen and oxygen atoms in total. The van der Waals surface area contributed by atoms with Crippen LogP contribution in [0, 0.1) is 0 Å². The van der Waals surface area contributed by atoms with Gasteiger partial charge in [-0.25, -0.2) is 0 Å². The number of nitrogens with zero attached hydrogens (tertiary/aromatic N) is 4. The average molecular weight is 557 g/mol. The number of anilines is 1. The van der Waals surface area contributed by atoms with Gasteiger partial charge >= 0.3 is 6.18 Å². The maximum absolute atomic E-state index is 14.0. The summed E-state index contributed by atoms with van der Waals surface area (Å²) in [5.41, 5.74) is 2.59. The molecular formula is C28H27F3N4O3S. The molecule has 204 valence electrons. The number of benzene rings is 2. The van der Waals surface area contributed by atoms with Gasteiger partial charge in [0, 0.05) is 47.3 Å². The molecule has 0 aliphatic carbocycles. The Morgan fingerprint density at radius 2 is 1.77 bits per heavy atom. The van der Waals surface area contributed by atoms with E-state index in [1.807, 2.05) is 42.5 Å². The largest absolute Gasteiger partial charge is 0.502 e. The van der Waals surface area contributed by atoms with Gasteiger partial charge in [0.25, 0.3) is 5.91 Å². The Kier molecular flexibility index (Phi) is 6.28. The van der Waals surface area contributed by atoms with E-state index < -0.39 is 47.7 Å². The van der Waals surface area contributed by atoms with E-state index >= 15 is 0 Å². The summed E-state index contributed by atoms with van der Waals surface area (Å²) >= 11 is 1.66. The third kappa shape index (κ3) is 4.23. The monoisotopic (exact) mass is 556 g/mol. The molecule has 1 amide bonds. The number of fused-ring (bicyclic) bond motifs is 3. The number of carbonyl (C=O) groups excluding carboxylic acids is 1. The fourth-order valence-electron chi connectivity index (χ4n) is 5.77. The average Bonchev–Trinajstić information content (AvgIpc) is 3.40. The van der Waals surface area contributed by atoms with Crippen LogP contribution in [0.5, 0.6) is 5.75 Å². The molecule has 0 saturated carbocycles. The van der Waals surface area contributed by atoms with Crippen LogP contribution in [0.1, 0.15) is 53.0 Å². The van der Waals surface area contributed by atoms with Gasteiger partial charge in [-0.2, -0.15) is 13.2 Å². The number of alkyl halides is 3. The molecule has 0 unspecified atom stereocenters. The minimum absolute atomic E-state index is 0.397. The summed E-state index contributed by atoms with van der Waals surface area (Å²) in [4.78, 5) is 29.8. The van der Waals surface area contributed by atoms with Crippen LogP contribution in [0.25, 0.3) is 0 Å². The number of pyridine rings is 1. The third-order valence-corrected chi connectivity index (χ3v) is 8.96. The van der Waals surface area contributed by atoms with Crippen LogP contribution in [0.15, 0.2) is 64.4 Å². The quantitative estimate of drug-likeness (QED) is 0.498. The van der Waals surface area contributed by atoms with Crippen LogP contribution in [-0.2, 0) is 5.75 Å². The highest BCUT2D eigenvalue weighted by molar-refractivity contribution is 7.98. The molecule has 11 heteroatoms. The zero-order valence-corrected chi connectivity index (χ0v) is 22.0. The van der Waals surface area contributed by atoms with Crippen molar-refractivity contribution in [3.8, 4) is 5.75 Å². The molecule has 6 rings (SSSR count). The second-order valence-electron chi connectivity index (χ2n) is 10.1. The first kappa shape index (κ1) is 25.7. The smallest absolute Gasteiger partial charge is 0.408 e. The Hall–Kier alpha value is -3.60. The Labute approximate surface area is 227 Å². The van der Waals surface area contributed by atoms with Crippen molar-refractivity contribution < 1.29 is 23.1 Å². The van der Waals surface area contributed by atoms with Crippen molar-refractivity contribution in [3.05, 3.63) is 87.3 Å². The minimum atomic E-state index is -4.70. The SMILES string of the molecule is C[C@@H](N1CN([C@@H]2c3ccccc3SCc3cccc(N4CCCC4)c32)n2ccc(=O)c(O)c2C1=O)C(F)(F)F. The van der Waals surface area contributed by atoms with Crippen molar-refractivity contribution >= 4 is 23.4 Å². The summed E-state index contributed by atoms with van der Waals surface area (Å²) < 4.78 is 43.3. The zero-order chi connectivity index (χ0) is 27.5. The van der Waals surface area contributed by atoms with Gasteiger partial charge < -0.3 is 14.9 Å². The topological polar surface area (TPSA) is 69.0 Å². The predicted molar refractivity (Wildman–Crippen MR) is 143 cm³/mol. The lowest BCUT2D eigenvalue weighted by atomic mass is 9.92. The van der Waals surface area contributed by atoms with Crippen LogP contribution in [-0.4, -0.2) is 52.6 Å². The molecular weight excluding hydrogens is 529 g/mol. The second kappa shape index (κ2) is 9.55. The number of aromatic hydroxyl groups is 1. The first-order valence-electron chi connectivity index (χ1n) is 12.8. The zero-order valence-electron chi connectivity index (χ0n) is 21.2. The van der Waals surface area contributed by atoms with Gasteiger partial charge in [0.05, 0.1) is 0 Å². The molecule has 0 bridgehead atoms. The summed E-state index contributed by atoms with van der Waals surface area (Å²) in [6.07, 6.45) is -1.24. The highest BCUT2D eigenvalue weighted by Gasteiger charge is 2.48. The van der Waals surface area contributed by atoms with Crippen LogP contribution in [0.4, 0.5) is 18.9 Å². The molecule has 2 aromatic carbocycles. The molecule has 3 aliphatic heterocycles. The summed E-state index contributed by atoms with van der Waals surface area (Å²) in [6, 6.07) is 12.3. The van der Waals surface area contributed by atoms with Crippen molar-refractivity contribution in [2.24, 2.45) is 0 Å². The summed E-state index contributed by atoms with van der Waals surface area (Å²) in [7, 11) is 0. The number of amides is 1. The van der Waals surface area contributed by atoms with Gasteiger partial charge in [-0.1, -0.05) is 30.3 Å². The molecule has 0 spiro atoms. The number of rotatable bonds is 3. The Balaban J connectivity index is 1.63. The molecule has 3 aliphatic rings. The van der Waals surface area contributed by atoms with E-state index in [0.717, 1.165) is 66.2 Å². The van der Waals surface area contributed by atoms with E-state index in [9.17, 15) is 27.9 Å². The first-order valence-corrected chi connectivity index (χ1v) is 13.8. The van der Waals surface area contributed by atoms with E-state index in [2.05, 4.69) is 4.90 Å². The Morgan fingerprint density at radius 3 is 2.51 bits per heavy atom. The predicted octanol–water partition coefficient (Wildman–Crippen LogP) is 4.85. The molecule has 1 aromatic heterocycles. The number of thioether (sulfide) groups is 1. The highest BCUT2D eigenvalue weighted by atomic mass is 32.2. The molecule has 0 radical (unpaired) electrons. The summed E-state index contributed by atoms with van der Waals surface area (Å²) in [5, 5.41) is 12.4. The van der Waals surface area contributed by atoms with Crippen molar-refractivity contribution in [2.75, 3.05) is 29.7 Å². The normalized spacial score (nSPS) is 19.8. The minimum Gasteiger partial charge on any atom is -0.502 e. The number of hydrogen-bond donors (Lipinski definition) is 1. The standard InChI is InChI=1S/C28H27F3N4O3S/c1-17(28(29,30)31)33-16-35(34-14-11-21(36)26(37)25(34)27(33)38)24-19-8-2-3-10-22(19)39-15-18-7-6-9-20(23(18)24)32-12-4-5-13-32/h2-3,6-11,14,17,24,37H,4-5,12-13,15-16H2,1H3/t17-,24-/m1/s1. The van der Waals surface area contributed by atoms with Crippen molar-refractivity contribution in [3.63, 3.8) is 0 Å². The van der Waals surface area contributed by atoms with Gasteiger partial charge in [0.15, 0.2) is 11.4 Å². The first-order chi connectivity index (χ1) is 18.7. The molecule has 2 atom stereocenters. The Morgan fingerprint density at radius 1 is 1.03 bits per heavy atom. The second-order valence-corrected chi connectivity index (χ2v) is 11.1. The fraction of sp³-hybridized carbons (Fsp3) is 0.357. The molecule has 1 N–H and O–H groups in total. The van der Waals surface area contributed by atoms with Crippen LogP contribution in [0.2, 0.25) is 0 Å². The van der Waals surface area contributed by atoms with E-state index in [1.165, 1.54) is 10.9 Å². The lowest BCUT2D eigenvalue weighted by molar-refractivity contribution is -0.173. The highest BCUT2D eigenvalue weighted by Crippen LogP contribution is 2.47. The molecule has 1 saturated heterocycles. The van der Waals surface area contributed by atoms with Gasteiger partial charge in [0.2, 0.25) is 5.43 Å². The number of aromatic nitrogens is 1. The number of carbonyl (C=O) groups is 1. The number of halogens is 3. The molecule has 39 heavy (non-hydrogen) atoms. The van der Waals surface area contributed by atoms with Gasteiger partial charge in [-0.05, 0) is 43.0 Å². The van der Waals surface area contributed by atoms with Crippen LogP contribution < -0.4 is 15.3 Å². The van der Waals surface area contributed by atoms with Gasteiger partial charge in [0.1, 0.15) is 18.8 Å². The lowest BCUT2D eigenvalue weighted by Crippen LogP contribution is -2.60.